The third-order valence-electron chi connectivity index (χ3n) is 2.09. The van der Waals surface area contributed by atoms with Crippen molar-refractivity contribution in [1.29, 1.82) is 0 Å². The van der Waals surface area contributed by atoms with E-state index in [-0.39, 0.29) is 12.4 Å². The van der Waals surface area contributed by atoms with Crippen molar-refractivity contribution in [2.24, 2.45) is 5.73 Å². The summed E-state index contributed by atoms with van der Waals surface area (Å²) < 4.78 is 5.09. The van der Waals surface area contributed by atoms with E-state index in [1.807, 2.05) is 18.2 Å². The lowest BCUT2D eigenvalue weighted by Gasteiger charge is -2.10. The molecule has 1 aromatic carbocycles. The van der Waals surface area contributed by atoms with Crippen LogP contribution in [-0.4, -0.2) is 10.1 Å². The Labute approximate surface area is 111 Å². The molecule has 0 bridgehead atoms. The van der Waals surface area contributed by atoms with Crippen LogP contribution in [0.1, 0.15) is 19.7 Å². The van der Waals surface area contributed by atoms with Crippen LogP contribution in [0.4, 0.5) is 0 Å². The average Bonchev–Trinajstić information content (AvgIpc) is 2.66. The predicted octanol–water partition coefficient (Wildman–Crippen LogP) is 3.01. The molecule has 2 aromatic rings. The highest BCUT2D eigenvalue weighted by molar-refractivity contribution is 6.33. The first kappa shape index (κ1) is 14.0. The van der Waals surface area contributed by atoms with Crippen molar-refractivity contribution in [1.82, 2.24) is 10.1 Å². The highest BCUT2D eigenvalue weighted by Crippen LogP contribution is 2.26. The highest BCUT2D eigenvalue weighted by atomic mass is 35.5. The molecule has 2 N–H and O–H groups in total. The molecule has 0 atom stereocenters. The smallest absolute Gasteiger partial charge is 0.246 e. The lowest BCUT2D eigenvalue weighted by Crippen LogP contribution is -2.28. The van der Waals surface area contributed by atoms with Crippen LogP contribution < -0.4 is 5.73 Å². The van der Waals surface area contributed by atoms with E-state index >= 15 is 0 Å². The Morgan fingerprint density at radius 3 is 2.47 bits per heavy atom. The summed E-state index contributed by atoms with van der Waals surface area (Å²) in [7, 11) is 0. The Morgan fingerprint density at radius 2 is 1.94 bits per heavy atom. The molecule has 4 nitrogen and oxygen atoms in total. The van der Waals surface area contributed by atoms with E-state index in [2.05, 4.69) is 10.1 Å². The van der Waals surface area contributed by atoms with Crippen LogP contribution in [0.3, 0.4) is 0 Å². The second-order valence-electron chi connectivity index (χ2n) is 4.12. The summed E-state index contributed by atoms with van der Waals surface area (Å²) in [5, 5.41) is 4.45. The van der Waals surface area contributed by atoms with Gasteiger partial charge in [-0.15, -0.1) is 12.4 Å². The molecule has 0 aliphatic rings. The van der Waals surface area contributed by atoms with Gasteiger partial charge in [0.2, 0.25) is 11.7 Å². The van der Waals surface area contributed by atoms with Crippen molar-refractivity contribution in [3.05, 3.63) is 35.2 Å². The van der Waals surface area contributed by atoms with Gasteiger partial charge in [-0.3, -0.25) is 0 Å². The molecule has 0 unspecified atom stereocenters. The summed E-state index contributed by atoms with van der Waals surface area (Å²) in [6.07, 6.45) is 0. The van der Waals surface area contributed by atoms with Crippen molar-refractivity contribution in [3.63, 3.8) is 0 Å². The van der Waals surface area contributed by atoms with E-state index in [1.165, 1.54) is 0 Å². The molecule has 1 aromatic heterocycles. The van der Waals surface area contributed by atoms with E-state index in [9.17, 15) is 0 Å². The molecule has 0 aliphatic carbocycles. The molecule has 0 saturated heterocycles. The molecule has 1 heterocycles. The Bertz CT molecular complexity index is 505. The Hall–Kier alpha value is -1.10. The van der Waals surface area contributed by atoms with Crippen molar-refractivity contribution in [2.75, 3.05) is 0 Å². The number of hydrogen-bond donors (Lipinski definition) is 1. The first-order chi connectivity index (χ1) is 7.48. The minimum atomic E-state index is -0.646. The third kappa shape index (κ3) is 2.97. The number of rotatable bonds is 2. The average molecular weight is 274 g/mol. The maximum atomic E-state index is 6.03. The van der Waals surface area contributed by atoms with Gasteiger partial charge in [-0.2, -0.15) is 4.98 Å². The molecular weight excluding hydrogens is 261 g/mol. The topological polar surface area (TPSA) is 64.9 Å². The van der Waals surface area contributed by atoms with Crippen molar-refractivity contribution in [2.45, 2.75) is 19.4 Å². The fourth-order valence-corrected chi connectivity index (χ4v) is 1.46. The summed E-state index contributed by atoms with van der Waals surface area (Å²) >= 11 is 6.03. The standard InChI is InChI=1S/C11H12ClN3O.ClH/c1-11(2,13)10-14-9(15-16-10)7-5-3-4-6-8(7)12;/h3-6H,13H2,1-2H3;1H. The van der Waals surface area contributed by atoms with Gasteiger partial charge in [0, 0.05) is 5.56 Å². The molecule has 0 fully saturated rings. The van der Waals surface area contributed by atoms with Gasteiger partial charge in [-0.25, -0.2) is 0 Å². The van der Waals surface area contributed by atoms with E-state index in [4.69, 9.17) is 21.9 Å². The lowest BCUT2D eigenvalue weighted by molar-refractivity contribution is 0.312. The quantitative estimate of drug-likeness (QED) is 0.914. The van der Waals surface area contributed by atoms with Gasteiger partial charge in [-0.05, 0) is 26.0 Å². The van der Waals surface area contributed by atoms with Crippen LogP contribution in [0.5, 0.6) is 0 Å². The van der Waals surface area contributed by atoms with E-state index < -0.39 is 5.54 Å². The van der Waals surface area contributed by atoms with Crippen LogP contribution in [-0.2, 0) is 5.54 Å². The molecular formula is C11H13Cl2N3O. The van der Waals surface area contributed by atoms with Crippen molar-refractivity contribution >= 4 is 24.0 Å². The summed E-state index contributed by atoms with van der Waals surface area (Å²) in [6.45, 7) is 3.60. The van der Waals surface area contributed by atoms with Gasteiger partial charge in [-0.1, -0.05) is 28.9 Å². The first-order valence-electron chi connectivity index (χ1n) is 4.86. The predicted molar refractivity (Wildman–Crippen MR) is 69.2 cm³/mol. The normalized spacial score (nSPS) is 11.1. The van der Waals surface area contributed by atoms with Gasteiger partial charge in [0.05, 0.1) is 10.6 Å². The second kappa shape index (κ2) is 5.04. The van der Waals surface area contributed by atoms with Crippen LogP contribution in [0.15, 0.2) is 28.8 Å². The maximum Gasteiger partial charge on any atom is 0.246 e. The number of benzene rings is 1. The number of nitrogens with zero attached hydrogens (tertiary/aromatic N) is 2. The highest BCUT2D eigenvalue weighted by Gasteiger charge is 2.23. The van der Waals surface area contributed by atoms with Gasteiger partial charge in [0.1, 0.15) is 0 Å². The van der Waals surface area contributed by atoms with E-state index in [0.717, 1.165) is 5.56 Å². The molecule has 17 heavy (non-hydrogen) atoms. The fraction of sp³-hybridized carbons (Fsp3) is 0.273. The van der Waals surface area contributed by atoms with Gasteiger partial charge >= 0.3 is 0 Å². The Balaban J connectivity index is 0.00000144. The number of hydrogen-bond acceptors (Lipinski definition) is 4. The summed E-state index contributed by atoms with van der Waals surface area (Å²) in [4.78, 5) is 4.23. The molecule has 0 spiro atoms. The van der Waals surface area contributed by atoms with Crippen molar-refractivity contribution in [3.8, 4) is 11.4 Å². The van der Waals surface area contributed by atoms with E-state index in [1.54, 1.807) is 19.9 Å². The Kier molecular flexibility index (Phi) is 4.14. The molecule has 0 aliphatic heterocycles. The van der Waals surface area contributed by atoms with E-state index in [0.29, 0.717) is 16.7 Å². The van der Waals surface area contributed by atoms with Crippen LogP contribution in [0, 0.1) is 0 Å². The zero-order chi connectivity index (χ0) is 11.8. The Morgan fingerprint density at radius 1 is 1.29 bits per heavy atom. The lowest BCUT2D eigenvalue weighted by atomic mass is 10.1. The molecule has 2 rings (SSSR count). The van der Waals surface area contributed by atoms with Gasteiger partial charge in [0.15, 0.2) is 0 Å². The first-order valence-corrected chi connectivity index (χ1v) is 5.24. The summed E-state index contributed by atoms with van der Waals surface area (Å²) in [5.41, 5.74) is 5.95. The number of nitrogens with two attached hydrogens (primary N) is 1. The van der Waals surface area contributed by atoms with Gasteiger partial charge < -0.3 is 10.3 Å². The summed E-state index contributed by atoms with van der Waals surface area (Å²) in [5.74, 6) is 0.849. The van der Waals surface area contributed by atoms with Gasteiger partial charge in [0.25, 0.3) is 0 Å². The fourth-order valence-electron chi connectivity index (χ4n) is 1.24. The van der Waals surface area contributed by atoms with Crippen LogP contribution in [0.2, 0.25) is 5.02 Å². The maximum absolute atomic E-state index is 6.03. The molecule has 6 heteroatoms. The molecule has 92 valence electrons. The third-order valence-corrected chi connectivity index (χ3v) is 2.42. The minimum absolute atomic E-state index is 0. The minimum Gasteiger partial charge on any atom is -0.337 e. The van der Waals surface area contributed by atoms with Crippen LogP contribution >= 0.6 is 24.0 Å². The SMILES string of the molecule is CC(C)(N)c1nc(-c2ccccc2Cl)no1.Cl. The zero-order valence-electron chi connectivity index (χ0n) is 9.48. The van der Waals surface area contributed by atoms with Crippen LogP contribution in [0.25, 0.3) is 11.4 Å². The molecule has 0 radical (unpaired) electrons. The second-order valence-corrected chi connectivity index (χ2v) is 4.53. The largest absolute Gasteiger partial charge is 0.337 e. The molecule has 0 amide bonds. The van der Waals surface area contributed by atoms with Crippen molar-refractivity contribution < 1.29 is 4.52 Å². The summed E-state index contributed by atoms with van der Waals surface area (Å²) in [6, 6.07) is 7.32. The number of halogens is 2. The zero-order valence-corrected chi connectivity index (χ0v) is 11.0. The number of aromatic nitrogens is 2. The molecule has 0 saturated carbocycles. The monoisotopic (exact) mass is 273 g/mol.